The molecule has 2 aromatic rings. The van der Waals surface area contributed by atoms with E-state index in [0.717, 1.165) is 74.7 Å². The van der Waals surface area contributed by atoms with E-state index < -0.39 is 19.7 Å². The van der Waals surface area contributed by atoms with Crippen LogP contribution in [0.15, 0.2) is 58.3 Å². The molecule has 0 bridgehead atoms. The second-order valence-electron chi connectivity index (χ2n) is 11.1. The van der Waals surface area contributed by atoms with Crippen molar-refractivity contribution in [2.45, 2.75) is 74.2 Å². The summed E-state index contributed by atoms with van der Waals surface area (Å²) >= 11 is 0. The topological polar surface area (TPSA) is 116 Å². The third-order valence-corrected chi connectivity index (χ3v) is 11.9. The van der Waals surface area contributed by atoms with Gasteiger partial charge in [-0.25, -0.2) is 16.8 Å². The molecule has 44 heavy (non-hydrogen) atoms. The van der Waals surface area contributed by atoms with Gasteiger partial charge in [-0.3, -0.25) is 0 Å². The molecule has 4 N–H and O–H groups in total. The number of rotatable bonds is 27. The van der Waals surface area contributed by atoms with Crippen LogP contribution < -0.4 is 21.3 Å². The number of benzene rings is 2. The molecule has 0 radical (unpaired) electrons. The first-order chi connectivity index (χ1) is 21.2. The minimum absolute atomic E-state index is 0.422. The average Bonchev–Trinajstić information content (AvgIpc) is 2.98. The van der Waals surface area contributed by atoms with Gasteiger partial charge in [0.15, 0.2) is 19.7 Å². The van der Waals surface area contributed by atoms with Crippen molar-refractivity contribution in [1.82, 2.24) is 21.3 Å². The second kappa shape index (κ2) is 23.2. The number of hydrogen-bond donors (Lipinski definition) is 4. The predicted molar refractivity (Wildman–Crippen MR) is 190 cm³/mol. The van der Waals surface area contributed by atoms with Gasteiger partial charge in [-0.15, -0.1) is 0 Å². The van der Waals surface area contributed by atoms with Crippen LogP contribution in [0.2, 0.25) is 0 Å². The zero-order valence-corrected chi connectivity index (χ0v) is 29.9. The highest BCUT2D eigenvalue weighted by Gasteiger charge is 2.12. The lowest BCUT2D eigenvalue weighted by molar-refractivity contribution is 0.566. The first-order valence-electron chi connectivity index (χ1n) is 15.8. The number of nitrogens with one attached hydrogen (secondary N) is 4. The van der Waals surface area contributed by atoms with E-state index in [0.29, 0.717) is 22.9 Å². The van der Waals surface area contributed by atoms with E-state index in [1.165, 1.54) is 51.0 Å². The molecule has 0 heterocycles. The van der Waals surface area contributed by atoms with Crippen LogP contribution in [0.4, 0.5) is 0 Å². The third-order valence-electron chi connectivity index (χ3n) is 7.10. The Bertz CT molecular complexity index is 1160. The molecule has 0 aliphatic carbocycles. The molecule has 0 aromatic heterocycles. The number of hydrogen-bond acceptors (Lipinski definition) is 10. The molecule has 0 fully saturated rings. The Kier molecular flexibility index (Phi) is 20.6. The minimum Gasteiger partial charge on any atom is -0.316 e. The summed E-state index contributed by atoms with van der Waals surface area (Å²) in [5.41, 5.74) is 1.68. The average molecular weight is 687 g/mol. The molecule has 8 nitrogen and oxygen atoms in total. The molecule has 0 atom stereocenters. The lowest BCUT2D eigenvalue weighted by atomic mass is 10.2. The van der Waals surface area contributed by atoms with Crippen LogP contribution in [-0.2, 0) is 32.8 Å². The maximum atomic E-state index is 11.9. The predicted octanol–water partition coefficient (Wildman–Crippen LogP) is 5.05. The van der Waals surface area contributed by atoms with Gasteiger partial charge in [0.25, 0.3) is 0 Å². The molecule has 12 heteroatoms. The van der Waals surface area contributed by atoms with Crippen molar-refractivity contribution in [3.8, 4) is 0 Å². The molecule has 0 amide bonds. The summed E-state index contributed by atoms with van der Waals surface area (Å²) in [7, 11) is -2.49. The zero-order chi connectivity index (χ0) is 31.9. The molecule has 0 aliphatic heterocycles. The Balaban J connectivity index is 1.28. The monoisotopic (exact) mass is 686 g/mol. The van der Waals surface area contributed by atoms with E-state index in [4.69, 9.17) is 0 Å². The lowest BCUT2D eigenvalue weighted by Gasteiger charge is -2.09. The summed E-state index contributed by atoms with van der Waals surface area (Å²) < 4.78 is 47.5. The largest absolute Gasteiger partial charge is 0.316 e. The van der Waals surface area contributed by atoms with Crippen LogP contribution in [-0.4, -0.2) is 80.1 Å². The quantitative estimate of drug-likeness (QED) is 0.0752. The summed E-state index contributed by atoms with van der Waals surface area (Å²) in [6, 6.07) is 14.4. The Morgan fingerprint density at radius 1 is 0.477 bits per heavy atom. The fourth-order valence-electron chi connectivity index (χ4n) is 4.77. The van der Waals surface area contributed by atoms with Crippen LogP contribution >= 0.6 is 21.6 Å². The molecule has 0 spiro atoms. The Hall–Kier alpha value is -1.12. The van der Waals surface area contributed by atoms with E-state index in [1.54, 1.807) is 24.3 Å². The first-order valence-corrected chi connectivity index (χ1v) is 22.1. The Labute approximate surface area is 275 Å². The number of sulfone groups is 2. The maximum Gasteiger partial charge on any atom is 0.175 e. The van der Waals surface area contributed by atoms with Gasteiger partial charge in [0.05, 0.1) is 9.79 Å². The highest BCUT2D eigenvalue weighted by Crippen LogP contribution is 2.19. The van der Waals surface area contributed by atoms with Crippen molar-refractivity contribution in [1.29, 1.82) is 0 Å². The Morgan fingerprint density at radius 2 is 0.818 bits per heavy atom. The molecule has 0 saturated carbocycles. The van der Waals surface area contributed by atoms with Gasteiger partial charge in [-0.2, -0.15) is 0 Å². The molecule has 0 unspecified atom stereocenters. The second-order valence-corrected chi connectivity index (χ2v) is 17.8. The fraction of sp³-hybridized carbons (Fsp3) is 0.625. The van der Waals surface area contributed by atoms with E-state index in [-0.39, 0.29) is 0 Å². The van der Waals surface area contributed by atoms with E-state index in [1.807, 2.05) is 45.9 Å². The fourth-order valence-corrected chi connectivity index (χ4v) is 8.55. The standard InChI is InChI=1S/C32H54N4O4S4/c1-43(37,38)31-17-9-7-15-29(31)27-35-21-13-5-3-11-19-33-23-25-41-42-26-24-34-20-12-4-6-14-22-36-28-30-16-8-10-18-32(30)44(2,39)40/h7-10,15-18,33-36H,3-6,11-14,19-28H2,1-2H3. The summed E-state index contributed by atoms with van der Waals surface area (Å²) in [6.07, 6.45) is 11.9. The summed E-state index contributed by atoms with van der Waals surface area (Å²) in [5, 5.41) is 13.8. The molecule has 250 valence electrons. The molecule has 0 aliphatic rings. The van der Waals surface area contributed by atoms with Crippen molar-refractivity contribution in [3.05, 3.63) is 59.7 Å². The van der Waals surface area contributed by atoms with Crippen molar-refractivity contribution in [2.75, 3.05) is 63.3 Å². The molecular formula is C32H54N4O4S4. The van der Waals surface area contributed by atoms with Crippen LogP contribution in [0.5, 0.6) is 0 Å². The normalized spacial score (nSPS) is 12.1. The minimum atomic E-state index is -3.18. The third kappa shape index (κ3) is 18.1. The van der Waals surface area contributed by atoms with Gasteiger partial charge in [0.2, 0.25) is 0 Å². The lowest BCUT2D eigenvalue weighted by Crippen LogP contribution is -2.19. The van der Waals surface area contributed by atoms with Gasteiger partial charge in [-0.05, 0) is 75.1 Å². The van der Waals surface area contributed by atoms with Crippen LogP contribution in [0, 0.1) is 0 Å². The summed E-state index contributed by atoms with van der Waals surface area (Å²) in [6.45, 7) is 7.21. The van der Waals surface area contributed by atoms with E-state index >= 15 is 0 Å². The SMILES string of the molecule is CS(=O)(=O)c1ccccc1CNCCCCCCNCCSSCCNCCCCCCNCc1ccccc1S(C)(=O)=O. The zero-order valence-electron chi connectivity index (χ0n) is 26.6. The summed E-state index contributed by atoms with van der Waals surface area (Å²) in [5.74, 6) is 2.24. The van der Waals surface area contributed by atoms with Gasteiger partial charge < -0.3 is 21.3 Å². The van der Waals surface area contributed by atoms with E-state index in [2.05, 4.69) is 21.3 Å². The summed E-state index contributed by atoms with van der Waals surface area (Å²) in [4.78, 5) is 0.843. The Morgan fingerprint density at radius 3 is 1.18 bits per heavy atom. The van der Waals surface area contributed by atoms with Crippen molar-refractivity contribution < 1.29 is 16.8 Å². The molecule has 0 saturated heterocycles. The molecular weight excluding hydrogens is 633 g/mol. The van der Waals surface area contributed by atoms with Gasteiger partial charge in [0.1, 0.15) is 0 Å². The van der Waals surface area contributed by atoms with Crippen LogP contribution in [0.25, 0.3) is 0 Å². The number of unbranched alkanes of at least 4 members (excludes halogenated alkanes) is 6. The van der Waals surface area contributed by atoms with Crippen LogP contribution in [0.3, 0.4) is 0 Å². The van der Waals surface area contributed by atoms with E-state index in [9.17, 15) is 16.8 Å². The molecule has 2 rings (SSSR count). The van der Waals surface area contributed by atoms with Crippen molar-refractivity contribution in [2.24, 2.45) is 0 Å². The van der Waals surface area contributed by atoms with Gasteiger partial charge >= 0.3 is 0 Å². The van der Waals surface area contributed by atoms with Crippen LogP contribution in [0.1, 0.15) is 62.5 Å². The first kappa shape index (κ1) is 39.1. The maximum absolute atomic E-state index is 11.9. The molecule has 2 aromatic carbocycles. The van der Waals surface area contributed by atoms with Gasteiger partial charge in [0, 0.05) is 50.2 Å². The highest BCUT2D eigenvalue weighted by atomic mass is 33.1. The van der Waals surface area contributed by atoms with Gasteiger partial charge in [-0.1, -0.05) is 83.7 Å². The highest BCUT2D eigenvalue weighted by molar-refractivity contribution is 8.76. The van der Waals surface area contributed by atoms with Crippen molar-refractivity contribution >= 4 is 41.3 Å². The smallest absolute Gasteiger partial charge is 0.175 e. The van der Waals surface area contributed by atoms with Crippen molar-refractivity contribution in [3.63, 3.8) is 0 Å².